The first-order valence-corrected chi connectivity index (χ1v) is 9.02. The van der Waals surface area contributed by atoms with Crippen LogP contribution in [0.5, 0.6) is 0 Å². The van der Waals surface area contributed by atoms with Crippen molar-refractivity contribution >= 4 is 18.3 Å². The second-order valence-corrected chi connectivity index (χ2v) is 7.12. The van der Waals surface area contributed by atoms with E-state index in [9.17, 15) is 4.79 Å². The van der Waals surface area contributed by atoms with Gasteiger partial charge in [0.15, 0.2) is 0 Å². The average molecular weight is 352 g/mol. The molecule has 2 N–H and O–H groups in total. The Kier molecular flexibility index (Phi) is 7.53. The number of amides is 1. The number of carbonyl (C=O) groups is 1. The lowest BCUT2D eigenvalue weighted by Gasteiger charge is -2.31. The van der Waals surface area contributed by atoms with E-state index in [-0.39, 0.29) is 24.4 Å². The molecule has 3 rings (SSSR count). The fourth-order valence-corrected chi connectivity index (χ4v) is 3.77. The van der Waals surface area contributed by atoms with Gasteiger partial charge in [0, 0.05) is 19.6 Å². The minimum Gasteiger partial charge on any atom is -0.351 e. The van der Waals surface area contributed by atoms with Crippen LogP contribution in [-0.2, 0) is 17.9 Å². The highest BCUT2D eigenvalue weighted by atomic mass is 35.5. The first kappa shape index (κ1) is 19.2. The Balaban J connectivity index is 0.00000208. The van der Waals surface area contributed by atoms with Gasteiger partial charge in [-0.05, 0) is 55.8 Å². The maximum atomic E-state index is 12.2. The fraction of sp³-hybridized carbons (Fsp3) is 0.632. The topological polar surface area (TPSA) is 44.4 Å². The molecular formula is C19H30ClN3O. The zero-order valence-electron chi connectivity index (χ0n) is 14.6. The molecule has 0 radical (unpaired) electrons. The van der Waals surface area contributed by atoms with Crippen molar-refractivity contribution in [2.24, 2.45) is 5.92 Å². The molecule has 24 heavy (non-hydrogen) atoms. The van der Waals surface area contributed by atoms with Gasteiger partial charge in [0.2, 0.25) is 5.91 Å². The smallest absolute Gasteiger partial charge is 0.237 e. The zero-order chi connectivity index (χ0) is 16.1. The van der Waals surface area contributed by atoms with Gasteiger partial charge in [-0.25, -0.2) is 0 Å². The standard InChI is InChI=1S/C19H29N3O.ClH/c1-15-6-5-11-22(13-15)14-17-8-3-2-7-16(17)12-21-19(23)18-9-4-10-20-18;/h2-3,7-8,15,18,20H,4-6,9-14H2,1H3,(H,21,23);1H. The number of nitrogens with one attached hydrogen (secondary N) is 2. The molecule has 0 saturated carbocycles. The summed E-state index contributed by atoms with van der Waals surface area (Å²) in [5, 5.41) is 6.36. The third kappa shape index (κ3) is 5.20. The minimum absolute atomic E-state index is 0. The highest BCUT2D eigenvalue weighted by molar-refractivity contribution is 5.85. The molecule has 134 valence electrons. The van der Waals surface area contributed by atoms with E-state index < -0.39 is 0 Å². The summed E-state index contributed by atoms with van der Waals surface area (Å²) >= 11 is 0. The highest BCUT2D eigenvalue weighted by Crippen LogP contribution is 2.19. The molecule has 2 fully saturated rings. The Hall–Kier alpha value is -1.10. The Morgan fingerprint density at radius 2 is 2.04 bits per heavy atom. The van der Waals surface area contributed by atoms with Gasteiger partial charge >= 0.3 is 0 Å². The van der Waals surface area contributed by atoms with Gasteiger partial charge in [-0.15, -0.1) is 12.4 Å². The molecule has 5 heteroatoms. The van der Waals surface area contributed by atoms with E-state index in [4.69, 9.17) is 0 Å². The van der Waals surface area contributed by atoms with Crippen LogP contribution in [0.2, 0.25) is 0 Å². The van der Waals surface area contributed by atoms with Crippen molar-refractivity contribution in [1.29, 1.82) is 0 Å². The van der Waals surface area contributed by atoms with Crippen molar-refractivity contribution in [2.75, 3.05) is 19.6 Å². The molecular weight excluding hydrogens is 322 g/mol. The lowest BCUT2D eigenvalue weighted by molar-refractivity contribution is -0.122. The number of nitrogens with zero attached hydrogens (tertiary/aromatic N) is 1. The summed E-state index contributed by atoms with van der Waals surface area (Å²) in [6, 6.07) is 8.52. The molecule has 1 aromatic rings. The van der Waals surface area contributed by atoms with E-state index in [2.05, 4.69) is 46.7 Å². The number of carbonyl (C=O) groups excluding carboxylic acids is 1. The van der Waals surface area contributed by atoms with Crippen LogP contribution in [0.3, 0.4) is 0 Å². The van der Waals surface area contributed by atoms with Gasteiger partial charge < -0.3 is 10.6 Å². The van der Waals surface area contributed by atoms with E-state index in [0.29, 0.717) is 6.54 Å². The SMILES string of the molecule is CC1CCCN(Cc2ccccc2CNC(=O)C2CCCN2)C1.Cl. The summed E-state index contributed by atoms with van der Waals surface area (Å²) in [6.45, 7) is 7.31. The van der Waals surface area contributed by atoms with Crippen molar-refractivity contribution < 1.29 is 4.79 Å². The van der Waals surface area contributed by atoms with Crippen molar-refractivity contribution in [1.82, 2.24) is 15.5 Å². The Morgan fingerprint density at radius 1 is 1.25 bits per heavy atom. The first-order valence-electron chi connectivity index (χ1n) is 9.02. The predicted octanol–water partition coefficient (Wildman–Crippen LogP) is 2.71. The van der Waals surface area contributed by atoms with Crippen LogP contribution in [0.4, 0.5) is 0 Å². The number of likely N-dealkylation sites (tertiary alicyclic amines) is 1. The van der Waals surface area contributed by atoms with E-state index >= 15 is 0 Å². The van der Waals surface area contributed by atoms with E-state index in [0.717, 1.165) is 31.8 Å². The second-order valence-electron chi connectivity index (χ2n) is 7.12. The summed E-state index contributed by atoms with van der Waals surface area (Å²) in [7, 11) is 0. The molecule has 1 aromatic carbocycles. The van der Waals surface area contributed by atoms with Crippen LogP contribution in [-0.4, -0.2) is 36.5 Å². The van der Waals surface area contributed by atoms with Gasteiger partial charge in [-0.3, -0.25) is 9.69 Å². The molecule has 2 saturated heterocycles. The van der Waals surface area contributed by atoms with Crippen molar-refractivity contribution in [2.45, 2.75) is 51.7 Å². The largest absolute Gasteiger partial charge is 0.351 e. The summed E-state index contributed by atoms with van der Waals surface area (Å²) in [5.41, 5.74) is 2.60. The molecule has 2 aliphatic rings. The predicted molar refractivity (Wildman–Crippen MR) is 100 cm³/mol. The maximum Gasteiger partial charge on any atom is 0.237 e. The first-order chi connectivity index (χ1) is 11.2. The van der Waals surface area contributed by atoms with Crippen LogP contribution in [0.15, 0.2) is 24.3 Å². The van der Waals surface area contributed by atoms with Crippen LogP contribution in [0, 0.1) is 5.92 Å². The average Bonchev–Trinajstić information content (AvgIpc) is 3.08. The Labute approximate surface area is 151 Å². The van der Waals surface area contributed by atoms with Crippen molar-refractivity contribution in [3.8, 4) is 0 Å². The third-order valence-corrected chi connectivity index (χ3v) is 5.08. The molecule has 0 spiro atoms. The van der Waals surface area contributed by atoms with Crippen LogP contribution < -0.4 is 10.6 Å². The molecule has 2 atom stereocenters. The maximum absolute atomic E-state index is 12.2. The van der Waals surface area contributed by atoms with Gasteiger partial charge in [0.05, 0.1) is 6.04 Å². The highest BCUT2D eigenvalue weighted by Gasteiger charge is 2.22. The minimum atomic E-state index is 0. The zero-order valence-corrected chi connectivity index (χ0v) is 15.4. The Bertz CT molecular complexity index is 531. The monoisotopic (exact) mass is 351 g/mol. The van der Waals surface area contributed by atoms with Crippen molar-refractivity contribution in [3.05, 3.63) is 35.4 Å². The van der Waals surface area contributed by atoms with E-state index in [1.165, 1.54) is 37.1 Å². The lowest BCUT2D eigenvalue weighted by Crippen LogP contribution is -2.40. The Morgan fingerprint density at radius 3 is 2.75 bits per heavy atom. The summed E-state index contributed by atoms with van der Waals surface area (Å²) in [4.78, 5) is 14.7. The van der Waals surface area contributed by atoms with Crippen LogP contribution in [0.25, 0.3) is 0 Å². The van der Waals surface area contributed by atoms with Crippen LogP contribution >= 0.6 is 12.4 Å². The third-order valence-electron chi connectivity index (χ3n) is 5.08. The van der Waals surface area contributed by atoms with Gasteiger partial charge in [-0.1, -0.05) is 31.2 Å². The summed E-state index contributed by atoms with van der Waals surface area (Å²) < 4.78 is 0. The molecule has 2 aliphatic heterocycles. The molecule has 4 nitrogen and oxygen atoms in total. The van der Waals surface area contributed by atoms with E-state index in [1.54, 1.807) is 0 Å². The summed E-state index contributed by atoms with van der Waals surface area (Å²) in [6.07, 6.45) is 4.71. The van der Waals surface area contributed by atoms with Gasteiger partial charge in [-0.2, -0.15) is 0 Å². The molecule has 0 bridgehead atoms. The van der Waals surface area contributed by atoms with Crippen LogP contribution in [0.1, 0.15) is 43.7 Å². The van der Waals surface area contributed by atoms with Gasteiger partial charge in [0.25, 0.3) is 0 Å². The summed E-state index contributed by atoms with van der Waals surface area (Å²) in [5.74, 6) is 0.938. The van der Waals surface area contributed by atoms with Gasteiger partial charge in [0.1, 0.15) is 0 Å². The second kappa shape index (κ2) is 9.40. The number of rotatable bonds is 5. The number of halogens is 1. The number of hydrogen-bond donors (Lipinski definition) is 2. The van der Waals surface area contributed by atoms with E-state index in [1.807, 2.05) is 0 Å². The molecule has 1 amide bonds. The van der Waals surface area contributed by atoms with Crippen molar-refractivity contribution in [3.63, 3.8) is 0 Å². The number of hydrogen-bond acceptors (Lipinski definition) is 3. The lowest BCUT2D eigenvalue weighted by atomic mass is 9.99. The molecule has 2 heterocycles. The number of piperidine rings is 1. The molecule has 2 unspecified atom stereocenters. The fourth-order valence-electron chi connectivity index (χ4n) is 3.77. The number of benzene rings is 1. The molecule has 0 aliphatic carbocycles. The quantitative estimate of drug-likeness (QED) is 0.857. The molecule has 0 aromatic heterocycles. The normalized spacial score (nSPS) is 24.4.